The Balaban J connectivity index is 2.27. The molecule has 2 rings (SSSR count). The van der Waals surface area contributed by atoms with Gasteiger partial charge in [-0.15, -0.1) is 0 Å². The lowest BCUT2D eigenvalue weighted by atomic mass is 9.79. The van der Waals surface area contributed by atoms with Crippen LogP contribution in [0.1, 0.15) is 19.4 Å². The first-order chi connectivity index (χ1) is 9.29. The topological polar surface area (TPSA) is 46.3 Å². The third kappa shape index (κ3) is 2.62. The van der Waals surface area contributed by atoms with E-state index in [4.69, 9.17) is 28.1 Å². The van der Waals surface area contributed by atoms with Crippen LogP contribution in [0.25, 0.3) is 0 Å². The second kappa shape index (κ2) is 5.67. The van der Waals surface area contributed by atoms with Crippen molar-refractivity contribution in [2.45, 2.75) is 25.1 Å². The van der Waals surface area contributed by atoms with Crippen LogP contribution in [-0.2, 0) is 41.7 Å². The molecule has 0 saturated carbocycles. The van der Waals surface area contributed by atoms with Gasteiger partial charge in [-0.25, -0.2) is 0 Å². The number of likely N-dealkylation sites (tertiary alicyclic amines) is 1. The van der Waals surface area contributed by atoms with Gasteiger partial charge in [0.25, 0.3) is 0 Å². The Labute approximate surface area is 131 Å². The van der Waals surface area contributed by atoms with Gasteiger partial charge in [-0.3, -0.25) is 32.1 Å². The number of rotatable bonds is 4. The van der Waals surface area contributed by atoms with E-state index in [9.17, 15) is 4.79 Å². The number of primary amides is 1. The van der Waals surface area contributed by atoms with E-state index in [1.807, 2.05) is 32.0 Å². The molecular formula is C14H19N2OS3-. The molecule has 1 aliphatic heterocycles. The van der Waals surface area contributed by atoms with E-state index in [1.54, 1.807) is 0 Å². The summed E-state index contributed by atoms with van der Waals surface area (Å²) in [6.45, 7) is 6.04. The smallest absolute Gasteiger partial charge is 0.223 e. The normalized spacial score (nSPS) is 30.8. The van der Waals surface area contributed by atoms with Gasteiger partial charge in [-0.2, -0.15) is 0 Å². The predicted octanol–water partition coefficient (Wildman–Crippen LogP) is 1.29. The zero-order valence-corrected chi connectivity index (χ0v) is 14.1. The maximum Gasteiger partial charge on any atom is 0.223 e. The van der Waals surface area contributed by atoms with Crippen molar-refractivity contribution >= 4 is 36.3 Å². The fourth-order valence-electron chi connectivity index (χ4n) is 2.80. The SMILES string of the molecule is CC1(C(N)=O)CN(Cc2ccccc2)CC1(C)[S-](=S)=S. The maximum absolute atomic E-state index is 11.9. The monoisotopic (exact) mass is 327 g/mol. The molecule has 1 aromatic carbocycles. The Kier molecular flexibility index (Phi) is 4.49. The highest BCUT2D eigenvalue weighted by atomic mass is 33.1. The molecule has 0 spiro atoms. The van der Waals surface area contributed by atoms with Crippen molar-refractivity contribution in [1.82, 2.24) is 4.90 Å². The van der Waals surface area contributed by atoms with Crippen molar-refractivity contribution in [3.8, 4) is 0 Å². The molecule has 3 nitrogen and oxygen atoms in total. The first-order valence-corrected chi connectivity index (χ1v) is 9.53. The molecular weight excluding hydrogens is 308 g/mol. The molecule has 0 bridgehead atoms. The average molecular weight is 328 g/mol. The molecule has 2 unspecified atom stereocenters. The quantitative estimate of drug-likeness (QED) is 0.847. The molecule has 2 atom stereocenters. The minimum Gasteiger partial charge on any atom is -0.369 e. The maximum atomic E-state index is 11.9. The lowest BCUT2D eigenvalue weighted by Gasteiger charge is -2.42. The van der Waals surface area contributed by atoms with Crippen molar-refractivity contribution in [2.24, 2.45) is 11.1 Å². The summed E-state index contributed by atoms with van der Waals surface area (Å²) in [5, 5.41) is 0. The lowest BCUT2D eigenvalue weighted by Crippen LogP contribution is -2.51. The molecule has 1 amide bonds. The molecule has 1 heterocycles. The molecule has 1 aromatic rings. The predicted molar refractivity (Wildman–Crippen MR) is 89.5 cm³/mol. The van der Waals surface area contributed by atoms with E-state index in [-0.39, 0.29) is 5.91 Å². The van der Waals surface area contributed by atoms with Gasteiger partial charge in [0.05, 0.1) is 0 Å². The van der Waals surface area contributed by atoms with Crippen LogP contribution in [0.5, 0.6) is 0 Å². The third-order valence-corrected chi connectivity index (χ3v) is 7.92. The zero-order chi connectivity index (χ0) is 15.0. The van der Waals surface area contributed by atoms with Crippen LogP contribution in [-0.4, -0.2) is 28.6 Å². The summed E-state index contributed by atoms with van der Waals surface area (Å²) >= 11 is 10.7. The van der Waals surface area contributed by atoms with Gasteiger partial charge in [0.15, 0.2) is 0 Å². The van der Waals surface area contributed by atoms with Crippen molar-refractivity contribution in [3.05, 3.63) is 35.9 Å². The highest BCUT2D eigenvalue weighted by Gasteiger charge is 2.50. The molecule has 1 fully saturated rings. The van der Waals surface area contributed by atoms with E-state index in [0.717, 1.165) is 13.1 Å². The molecule has 0 aliphatic carbocycles. The Morgan fingerprint density at radius 1 is 1.30 bits per heavy atom. The fraction of sp³-hybridized carbons (Fsp3) is 0.500. The standard InChI is InChI=1S/C14H19N2OS3/c1-13(12(15)17)9-16(10-14(13,2)20(18)19)8-11-6-4-3-5-7-11/h3-7H,8-10H2,1-2H3,(H2,15,17)/q-1. The second-order valence-electron chi connectivity index (χ2n) is 5.79. The van der Waals surface area contributed by atoms with Gasteiger partial charge in [0.1, 0.15) is 0 Å². The summed E-state index contributed by atoms with van der Waals surface area (Å²) in [4.78, 5) is 14.2. The van der Waals surface area contributed by atoms with Crippen molar-refractivity contribution < 1.29 is 4.79 Å². The summed E-state index contributed by atoms with van der Waals surface area (Å²) in [5.41, 5.74) is 6.21. The third-order valence-electron chi connectivity index (χ3n) is 4.39. The fourth-order valence-corrected chi connectivity index (χ4v) is 5.04. The first kappa shape index (κ1) is 15.8. The van der Waals surface area contributed by atoms with Crippen LogP contribution in [0.3, 0.4) is 0 Å². The van der Waals surface area contributed by atoms with Crippen LogP contribution in [0.4, 0.5) is 0 Å². The Hall–Kier alpha value is -0.560. The Morgan fingerprint density at radius 3 is 2.35 bits per heavy atom. The summed E-state index contributed by atoms with van der Waals surface area (Å²) in [6.07, 6.45) is 0. The summed E-state index contributed by atoms with van der Waals surface area (Å²) in [6, 6.07) is 10.2. The van der Waals surface area contributed by atoms with E-state index in [1.165, 1.54) is 5.56 Å². The van der Waals surface area contributed by atoms with Crippen molar-refractivity contribution in [1.29, 1.82) is 0 Å². The molecule has 6 heteroatoms. The number of hydrogen-bond acceptors (Lipinski definition) is 5. The molecule has 20 heavy (non-hydrogen) atoms. The van der Waals surface area contributed by atoms with E-state index in [2.05, 4.69) is 17.0 Å². The highest BCUT2D eigenvalue weighted by molar-refractivity contribution is 8.47. The second-order valence-corrected chi connectivity index (χ2v) is 9.80. The number of carbonyl (C=O) groups excluding carboxylic acids is 1. The summed E-state index contributed by atoms with van der Waals surface area (Å²) in [7, 11) is -0.701. The molecule has 110 valence electrons. The minimum absolute atomic E-state index is 0.303. The number of benzene rings is 1. The molecule has 2 N–H and O–H groups in total. The van der Waals surface area contributed by atoms with Gasteiger partial charge < -0.3 is 13.7 Å². The first-order valence-electron chi connectivity index (χ1n) is 6.45. The minimum atomic E-state index is -0.701. The average Bonchev–Trinajstić information content (AvgIpc) is 2.64. The van der Waals surface area contributed by atoms with Crippen molar-refractivity contribution in [3.63, 3.8) is 0 Å². The van der Waals surface area contributed by atoms with E-state index < -0.39 is 18.2 Å². The van der Waals surface area contributed by atoms with Gasteiger partial charge in [0.2, 0.25) is 5.91 Å². The number of carbonyl (C=O) groups is 1. The molecule has 0 aromatic heterocycles. The van der Waals surface area contributed by atoms with Gasteiger partial charge in [0, 0.05) is 18.5 Å². The summed E-state index contributed by atoms with van der Waals surface area (Å²) in [5.74, 6) is -0.303. The van der Waals surface area contributed by atoms with Crippen LogP contribution in [0.2, 0.25) is 0 Å². The Morgan fingerprint density at radius 2 is 1.90 bits per heavy atom. The van der Waals surface area contributed by atoms with Crippen LogP contribution >= 0.6 is 0 Å². The Bertz CT molecular complexity index is 579. The van der Waals surface area contributed by atoms with E-state index in [0.29, 0.717) is 6.54 Å². The largest absolute Gasteiger partial charge is 0.369 e. The lowest BCUT2D eigenvalue weighted by molar-refractivity contribution is -0.127. The van der Waals surface area contributed by atoms with Crippen LogP contribution < -0.4 is 5.73 Å². The van der Waals surface area contributed by atoms with Gasteiger partial charge >= 0.3 is 0 Å². The van der Waals surface area contributed by atoms with Crippen LogP contribution in [0.15, 0.2) is 30.3 Å². The summed E-state index contributed by atoms with van der Waals surface area (Å²) < 4.78 is -0.418. The zero-order valence-electron chi connectivity index (χ0n) is 11.7. The molecule has 1 aliphatic rings. The van der Waals surface area contributed by atoms with Gasteiger partial charge in [-0.05, 0) is 12.1 Å². The number of hydrogen-bond donors (Lipinski definition) is 1. The van der Waals surface area contributed by atoms with Gasteiger partial charge in [-0.1, -0.05) is 48.9 Å². The highest BCUT2D eigenvalue weighted by Crippen LogP contribution is 2.42. The van der Waals surface area contributed by atoms with E-state index >= 15 is 0 Å². The van der Waals surface area contributed by atoms with Crippen LogP contribution in [0, 0.1) is 5.41 Å². The number of nitrogens with two attached hydrogens (primary N) is 1. The number of nitrogens with zero attached hydrogens (tertiary/aromatic N) is 1. The molecule has 1 saturated heterocycles. The number of amides is 1. The van der Waals surface area contributed by atoms with Crippen molar-refractivity contribution in [2.75, 3.05) is 13.1 Å². The molecule has 0 radical (unpaired) electrons.